The van der Waals surface area contributed by atoms with E-state index in [0.29, 0.717) is 34.0 Å². The molecule has 1 amide bonds. The van der Waals surface area contributed by atoms with E-state index in [-0.39, 0.29) is 17.2 Å². The van der Waals surface area contributed by atoms with Crippen LogP contribution in [0.1, 0.15) is 32.6 Å². The van der Waals surface area contributed by atoms with Crippen LogP contribution in [0.4, 0.5) is 5.69 Å². The molecule has 3 rings (SSSR count). The van der Waals surface area contributed by atoms with Crippen LogP contribution in [0.2, 0.25) is 0 Å². The number of methoxy groups -OCH3 is 1. The first-order valence-electron chi connectivity index (χ1n) is 10.2. The third-order valence-corrected chi connectivity index (χ3v) is 5.75. The molecule has 30 heavy (non-hydrogen) atoms. The van der Waals surface area contributed by atoms with Crippen LogP contribution in [0.15, 0.2) is 58.5 Å². The summed E-state index contributed by atoms with van der Waals surface area (Å²) in [5.41, 5.74) is 1.22. The summed E-state index contributed by atoms with van der Waals surface area (Å²) in [4.78, 5) is 30.2. The number of unbranched alkanes of at least 4 members (excludes halogenated alkanes) is 3. The van der Waals surface area contributed by atoms with Crippen molar-refractivity contribution in [3.05, 3.63) is 58.9 Å². The summed E-state index contributed by atoms with van der Waals surface area (Å²) in [6, 6.07) is 14.6. The van der Waals surface area contributed by atoms with Crippen LogP contribution in [-0.4, -0.2) is 28.3 Å². The van der Waals surface area contributed by atoms with E-state index in [1.54, 1.807) is 29.9 Å². The molecule has 6 nitrogen and oxygen atoms in total. The van der Waals surface area contributed by atoms with Crippen molar-refractivity contribution in [3.63, 3.8) is 0 Å². The minimum absolute atomic E-state index is 0.0512. The second-order valence-electron chi connectivity index (χ2n) is 6.97. The van der Waals surface area contributed by atoms with Gasteiger partial charge in [0.1, 0.15) is 5.75 Å². The second kappa shape index (κ2) is 10.8. The topological polar surface area (TPSA) is 73.2 Å². The van der Waals surface area contributed by atoms with Crippen molar-refractivity contribution in [1.82, 2.24) is 9.55 Å². The number of aromatic nitrogens is 2. The van der Waals surface area contributed by atoms with Gasteiger partial charge in [0.05, 0.1) is 29.5 Å². The number of hydrogen-bond donors (Lipinski definition) is 1. The van der Waals surface area contributed by atoms with E-state index in [4.69, 9.17) is 4.74 Å². The molecule has 0 unspecified atom stereocenters. The van der Waals surface area contributed by atoms with Gasteiger partial charge in [-0.1, -0.05) is 62.2 Å². The van der Waals surface area contributed by atoms with Gasteiger partial charge in [-0.25, -0.2) is 4.98 Å². The number of anilines is 1. The summed E-state index contributed by atoms with van der Waals surface area (Å²) in [5, 5.41) is 4.04. The third kappa shape index (κ3) is 5.42. The van der Waals surface area contributed by atoms with Crippen LogP contribution in [-0.2, 0) is 11.3 Å². The fourth-order valence-corrected chi connectivity index (χ4v) is 4.04. The first-order valence-corrected chi connectivity index (χ1v) is 11.2. The Morgan fingerprint density at radius 1 is 1.10 bits per heavy atom. The first kappa shape index (κ1) is 21.9. The zero-order valence-corrected chi connectivity index (χ0v) is 18.2. The van der Waals surface area contributed by atoms with Crippen LogP contribution >= 0.6 is 11.8 Å². The molecule has 0 aliphatic carbocycles. The van der Waals surface area contributed by atoms with Crippen molar-refractivity contribution in [2.45, 2.75) is 44.3 Å². The summed E-state index contributed by atoms with van der Waals surface area (Å²) >= 11 is 1.28. The number of rotatable bonds is 10. The van der Waals surface area contributed by atoms with Crippen molar-refractivity contribution in [1.29, 1.82) is 0 Å². The van der Waals surface area contributed by atoms with Crippen LogP contribution in [0, 0.1) is 0 Å². The van der Waals surface area contributed by atoms with Gasteiger partial charge >= 0.3 is 0 Å². The molecule has 0 radical (unpaired) electrons. The maximum Gasteiger partial charge on any atom is 0.262 e. The standard InChI is InChI=1S/C23H27N3O3S/c1-3-4-5-10-15-26-22(28)17-11-6-7-12-18(17)25-23(26)30-16-21(27)24-19-13-8-9-14-20(19)29-2/h6-9,11-14H,3-5,10,15-16H2,1-2H3,(H,24,27). The number of thioether (sulfide) groups is 1. The molecule has 2 aromatic carbocycles. The van der Waals surface area contributed by atoms with E-state index in [1.807, 2.05) is 30.3 Å². The SMILES string of the molecule is CCCCCCn1c(SCC(=O)Nc2ccccc2OC)nc2ccccc2c1=O. The van der Waals surface area contributed by atoms with E-state index < -0.39 is 0 Å². The second-order valence-corrected chi connectivity index (χ2v) is 7.91. The van der Waals surface area contributed by atoms with Gasteiger partial charge in [-0.15, -0.1) is 0 Å². The predicted molar refractivity (Wildman–Crippen MR) is 122 cm³/mol. The lowest BCUT2D eigenvalue weighted by molar-refractivity contribution is -0.113. The van der Waals surface area contributed by atoms with Gasteiger partial charge < -0.3 is 10.1 Å². The molecule has 0 bridgehead atoms. The lowest BCUT2D eigenvalue weighted by atomic mass is 10.2. The van der Waals surface area contributed by atoms with E-state index in [1.165, 1.54) is 11.8 Å². The normalized spacial score (nSPS) is 10.9. The molecule has 7 heteroatoms. The lowest BCUT2D eigenvalue weighted by Crippen LogP contribution is -2.24. The van der Waals surface area contributed by atoms with Crippen molar-refractivity contribution in [3.8, 4) is 5.75 Å². The van der Waals surface area contributed by atoms with Gasteiger partial charge in [0, 0.05) is 6.54 Å². The number of carbonyl (C=O) groups is 1. The molecular formula is C23H27N3O3S. The molecule has 158 valence electrons. The Morgan fingerprint density at radius 3 is 2.67 bits per heavy atom. The number of amides is 1. The Balaban J connectivity index is 1.78. The van der Waals surface area contributed by atoms with E-state index >= 15 is 0 Å². The van der Waals surface area contributed by atoms with Gasteiger partial charge in [0.15, 0.2) is 5.16 Å². The molecule has 0 aliphatic heterocycles. The largest absolute Gasteiger partial charge is 0.495 e. The molecule has 0 saturated heterocycles. The number of fused-ring (bicyclic) bond motifs is 1. The van der Waals surface area contributed by atoms with Crippen LogP contribution in [0.25, 0.3) is 10.9 Å². The van der Waals surface area contributed by atoms with Crippen molar-refractivity contribution in [2.75, 3.05) is 18.2 Å². The lowest BCUT2D eigenvalue weighted by Gasteiger charge is -2.13. The Bertz CT molecular complexity index is 1060. The number of para-hydroxylation sites is 3. The molecule has 1 aromatic heterocycles. The summed E-state index contributed by atoms with van der Waals surface area (Å²) in [6.07, 6.45) is 4.25. The smallest absolute Gasteiger partial charge is 0.262 e. The average molecular weight is 426 g/mol. The molecule has 1 heterocycles. The highest BCUT2D eigenvalue weighted by Gasteiger charge is 2.14. The molecule has 0 saturated carbocycles. The Kier molecular flexibility index (Phi) is 7.90. The quantitative estimate of drug-likeness (QED) is 0.289. The van der Waals surface area contributed by atoms with Gasteiger partial charge in [-0.05, 0) is 30.7 Å². The predicted octanol–water partition coefficient (Wildman–Crippen LogP) is 4.72. The number of ether oxygens (including phenoxy) is 1. The summed E-state index contributed by atoms with van der Waals surface area (Å²) in [6.45, 7) is 2.76. The molecule has 0 atom stereocenters. The van der Waals surface area contributed by atoms with Crippen molar-refractivity contribution >= 4 is 34.3 Å². The van der Waals surface area contributed by atoms with E-state index in [9.17, 15) is 9.59 Å². The van der Waals surface area contributed by atoms with E-state index in [2.05, 4.69) is 17.2 Å². The number of nitrogens with zero attached hydrogens (tertiary/aromatic N) is 2. The van der Waals surface area contributed by atoms with Gasteiger partial charge in [0.25, 0.3) is 5.56 Å². The molecule has 0 fully saturated rings. The number of hydrogen-bond acceptors (Lipinski definition) is 5. The number of nitrogens with one attached hydrogen (secondary N) is 1. The maximum absolute atomic E-state index is 13.0. The molecule has 3 aromatic rings. The fourth-order valence-electron chi connectivity index (χ4n) is 3.22. The van der Waals surface area contributed by atoms with Crippen LogP contribution < -0.4 is 15.6 Å². The third-order valence-electron chi connectivity index (χ3n) is 4.78. The van der Waals surface area contributed by atoms with Gasteiger partial charge in [-0.2, -0.15) is 0 Å². The molecular weight excluding hydrogens is 398 g/mol. The zero-order chi connectivity index (χ0) is 21.3. The molecule has 0 spiro atoms. The maximum atomic E-state index is 13.0. The van der Waals surface area contributed by atoms with Crippen molar-refractivity contribution in [2.24, 2.45) is 0 Å². The van der Waals surface area contributed by atoms with Gasteiger partial charge in [-0.3, -0.25) is 14.2 Å². The Morgan fingerprint density at radius 2 is 1.87 bits per heavy atom. The average Bonchev–Trinajstić information content (AvgIpc) is 2.77. The minimum Gasteiger partial charge on any atom is -0.495 e. The van der Waals surface area contributed by atoms with Crippen LogP contribution in [0.5, 0.6) is 5.75 Å². The number of carbonyl (C=O) groups excluding carboxylic acids is 1. The summed E-state index contributed by atoms with van der Waals surface area (Å²) < 4.78 is 6.98. The highest BCUT2D eigenvalue weighted by molar-refractivity contribution is 7.99. The zero-order valence-electron chi connectivity index (χ0n) is 17.4. The monoisotopic (exact) mass is 425 g/mol. The highest BCUT2D eigenvalue weighted by atomic mass is 32.2. The van der Waals surface area contributed by atoms with Crippen molar-refractivity contribution < 1.29 is 9.53 Å². The first-order chi connectivity index (χ1) is 14.6. The molecule has 1 N–H and O–H groups in total. The Hall–Kier alpha value is -2.80. The highest BCUT2D eigenvalue weighted by Crippen LogP contribution is 2.24. The van der Waals surface area contributed by atoms with Gasteiger partial charge in [0.2, 0.25) is 5.91 Å². The minimum atomic E-state index is -0.176. The Labute approximate surface area is 180 Å². The van der Waals surface area contributed by atoms with Crippen LogP contribution in [0.3, 0.4) is 0 Å². The fraction of sp³-hybridized carbons (Fsp3) is 0.348. The number of benzene rings is 2. The van der Waals surface area contributed by atoms with E-state index in [0.717, 1.165) is 25.7 Å². The summed E-state index contributed by atoms with van der Waals surface area (Å²) in [5.74, 6) is 0.578. The summed E-state index contributed by atoms with van der Waals surface area (Å²) in [7, 11) is 1.57. The molecule has 0 aliphatic rings.